The van der Waals surface area contributed by atoms with Gasteiger partial charge in [-0.2, -0.15) is 0 Å². The lowest BCUT2D eigenvalue weighted by Gasteiger charge is -2.30. The van der Waals surface area contributed by atoms with Crippen LogP contribution in [0.2, 0.25) is 0 Å². The van der Waals surface area contributed by atoms with E-state index in [1.807, 2.05) is 6.92 Å². The number of methoxy groups -OCH3 is 1. The molecule has 1 aliphatic heterocycles. The molecule has 0 aromatic carbocycles. The molecular formula is C11H18ClN3O2. The van der Waals surface area contributed by atoms with Crippen molar-refractivity contribution in [2.24, 2.45) is 5.92 Å². The first-order valence-corrected chi connectivity index (χ1v) is 6.35. The first-order valence-electron chi connectivity index (χ1n) is 5.92. The standard InChI is InChI=1S/C11H18ClN3O2/c1-8(12)10-13-14-11(17-10)15-5-3-4-9(6-15)7-16-2/h8-9H,3-7H2,1-2H3. The molecule has 1 aromatic heterocycles. The van der Waals surface area contributed by atoms with E-state index in [9.17, 15) is 0 Å². The van der Waals surface area contributed by atoms with Gasteiger partial charge in [0.05, 0.1) is 6.61 Å². The van der Waals surface area contributed by atoms with E-state index < -0.39 is 0 Å². The summed E-state index contributed by atoms with van der Waals surface area (Å²) >= 11 is 5.90. The Kier molecular flexibility index (Phi) is 4.23. The van der Waals surface area contributed by atoms with Crippen molar-refractivity contribution in [2.75, 3.05) is 31.7 Å². The molecule has 0 spiro atoms. The van der Waals surface area contributed by atoms with Crippen LogP contribution in [-0.4, -0.2) is 37.0 Å². The minimum Gasteiger partial charge on any atom is -0.406 e. The summed E-state index contributed by atoms with van der Waals surface area (Å²) in [6, 6.07) is 0.577. The summed E-state index contributed by atoms with van der Waals surface area (Å²) in [5, 5.41) is 7.74. The highest BCUT2D eigenvalue weighted by Gasteiger charge is 2.24. The Balaban J connectivity index is 2.00. The zero-order valence-corrected chi connectivity index (χ0v) is 11.0. The van der Waals surface area contributed by atoms with Gasteiger partial charge in [-0.15, -0.1) is 16.7 Å². The number of hydrogen-bond donors (Lipinski definition) is 0. The van der Waals surface area contributed by atoms with Gasteiger partial charge in [0.2, 0.25) is 5.89 Å². The molecule has 17 heavy (non-hydrogen) atoms. The fraction of sp³-hybridized carbons (Fsp3) is 0.818. The number of piperidine rings is 1. The second-order valence-electron chi connectivity index (χ2n) is 4.45. The van der Waals surface area contributed by atoms with Gasteiger partial charge in [-0.1, -0.05) is 5.10 Å². The Bertz CT molecular complexity index is 354. The maximum atomic E-state index is 5.90. The van der Waals surface area contributed by atoms with Crippen LogP contribution < -0.4 is 4.90 Å². The predicted octanol–water partition coefficient (Wildman–Crippen LogP) is 2.23. The van der Waals surface area contributed by atoms with Crippen molar-refractivity contribution in [2.45, 2.75) is 25.1 Å². The highest BCUT2D eigenvalue weighted by atomic mass is 35.5. The van der Waals surface area contributed by atoms with Crippen molar-refractivity contribution in [3.8, 4) is 0 Å². The number of ether oxygens (including phenoxy) is 1. The van der Waals surface area contributed by atoms with Crippen LogP contribution in [0.15, 0.2) is 4.42 Å². The molecule has 0 saturated carbocycles. The Labute approximate surface area is 106 Å². The molecule has 0 radical (unpaired) electrons. The van der Waals surface area contributed by atoms with Gasteiger partial charge in [0.1, 0.15) is 5.38 Å². The third-order valence-electron chi connectivity index (χ3n) is 2.96. The van der Waals surface area contributed by atoms with Gasteiger partial charge in [-0.3, -0.25) is 0 Å². The molecule has 1 aromatic rings. The predicted molar refractivity (Wildman–Crippen MR) is 65.4 cm³/mol. The Hall–Kier alpha value is -0.810. The normalized spacial score (nSPS) is 22.8. The average Bonchev–Trinajstić information content (AvgIpc) is 2.79. The molecular weight excluding hydrogens is 242 g/mol. The van der Waals surface area contributed by atoms with Crippen molar-refractivity contribution < 1.29 is 9.15 Å². The Morgan fingerprint density at radius 3 is 3.06 bits per heavy atom. The van der Waals surface area contributed by atoms with E-state index in [4.69, 9.17) is 20.8 Å². The van der Waals surface area contributed by atoms with Crippen molar-refractivity contribution in [1.82, 2.24) is 10.2 Å². The van der Waals surface area contributed by atoms with Crippen molar-refractivity contribution in [1.29, 1.82) is 0 Å². The van der Waals surface area contributed by atoms with E-state index in [0.717, 1.165) is 26.1 Å². The van der Waals surface area contributed by atoms with E-state index in [1.165, 1.54) is 6.42 Å². The topological polar surface area (TPSA) is 51.4 Å². The maximum Gasteiger partial charge on any atom is 0.318 e. The van der Waals surface area contributed by atoms with E-state index >= 15 is 0 Å². The first-order chi connectivity index (χ1) is 8.20. The number of anilines is 1. The summed E-state index contributed by atoms with van der Waals surface area (Å²) in [5.41, 5.74) is 0. The van der Waals surface area contributed by atoms with E-state index in [-0.39, 0.29) is 5.38 Å². The van der Waals surface area contributed by atoms with Crippen LogP contribution in [0.25, 0.3) is 0 Å². The van der Waals surface area contributed by atoms with E-state index in [0.29, 0.717) is 17.8 Å². The van der Waals surface area contributed by atoms with Gasteiger partial charge in [0, 0.05) is 26.1 Å². The molecule has 2 heterocycles. The number of nitrogens with zero attached hydrogens (tertiary/aromatic N) is 3. The van der Waals surface area contributed by atoms with Crippen LogP contribution >= 0.6 is 11.6 Å². The minimum absolute atomic E-state index is 0.240. The SMILES string of the molecule is COCC1CCCN(c2nnc(C(C)Cl)o2)C1. The summed E-state index contributed by atoms with van der Waals surface area (Å²) in [5.74, 6) is 1.02. The lowest BCUT2D eigenvalue weighted by molar-refractivity contribution is 0.142. The fourth-order valence-electron chi connectivity index (χ4n) is 2.13. The summed E-state index contributed by atoms with van der Waals surface area (Å²) < 4.78 is 10.7. The Morgan fingerprint density at radius 2 is 2.41 bits per heavy atom. The maximum absolute atomic E-state index is 5.90. The molecule has 96 valence electrons. The van der Waals surface area contributed by atoms with Crippen LogP contribution in [0.5, 0.6) is 0 Å². The van der Waals surface area contributed by atoms with E-state index in [2.05, 4.69) is 15.1 Å². The van der Waals surface area contributed by atoms with Crippen LogP contribution in [0.1, 0.15) is 31.0 Å². The van der Waals surface area contributed by atoms with Crippen molar-refractivity contribution in [3.63, 3.8) is 0 Å². The number of rotatable bonds is 4. The van der Waals surface area contributed by atoms with Crippen LogP contribution in [0.3, 0.4) is 0 Å². The lowest BCUT2D eigenvalue weighted by atomic mass is 9.99. The fourth-order valence-corrected chi connectivity index (χ4v) is 2.21. The van der Waals surface area contributed by atoms with E-state index in [1.54, 1.807) is 7.11 Å². The van der Waals surface area contributed by atoms with Gasteiger partial charge in [-0.25, -0.2) is 0 Å². The average molecular weight is 260 g/mol. The van der Waals surface area contributed by atoms with Crippen molar-refractivity contribution >= 4 is 17.6 Å². The number of aromatic nitrogens is 2. The number of alkyl halides is 1. The minimum atomic E-state index is -0.240. The van der Waals surface area contributed by atoms with Gasteiger partial charge < -0.3 is 14.1 Å². The van der Waals surface area contributed by atoms with Gasteiger partial charge in [0.25, 0.3) is 0 Å². The highest BCUT2D eigenvalue weighted by molar-refractivity contribution is 6.20. The molecule has 2 rings (SSSR count). The lowest BCUT2D eigenvalue weighted by Crippen LogP contribution is -2.37. The number of hydrogen-bond acceptors (Lipinski definition) is 5. The molecule has 1 saturated heterocycles. The molecule has 0 bridgehead atoms. The third-order valence-corrected chi connectivity index (χ3v) is 3.15. The van der Waals surface area contributed by atoms with Crippen LogP contribution in [0.4, 0.5) is 6.01 Å². The molecule has 1 fully saturated rings. The third kappa shape index (κ3) is 3.10. The van der Waals surface area contributed by atoms with Crippen LogP contribution in [0, 0.1) is 5.92 Å². The number of halogens is 1. The summed E-state index contributed by atoms with van der Waals surface area (Å²) in [7, 11) is 1.74. The molecule has 0 amide bonds. The van der Waals surface area contributed by atoms with Crippen molar-refractivity contribution in [3.05, 3.63) is 5.89 Å². The zero-order valence-electron chi connectivity index (χ0n) is 10.2. The second-order valence-corrected chi connectivity index (χ2v) is 5.10. The van der Waals surface area contributed by atoms with Gasteiger partial charge >= 0.3 is 6.01 Å². The quantitative estimate of drug-likeness (QED) is 0.776. The summed E-state index contributed by atoms with van der Waals surface area (Å²) in [6.45, 7) is 4.47. The van der Waals surface area contributed by atoms with Gasteiger partial charge in [-0.05, 0) is 19.8 Å². The smallest absolute Gasteiger partial charge is 0.318 e. The highest BCUT2D eigenvalue weighted by Crippen LogP contribution is 2.25. The zero-order chi connectivity index (χ0) is 12.3. The molecule has 6 heteroatoms. The molecule has 0 aliphatic carbocycles. The molecule has 2 atom stereocenters. The summed E-state index contributed by atoms with van der Waals surface area (Å²) in [6.07, 6.45) is 2.32. The molecule has 5 nitrogen and oxygen atoms in total. The largest absolute Gasteiger partial charge is 0.406 e. The molecule has 0 N–H and O–H groups in total. The van der Waals surface area contributed by atoms with Gasteiger partial charge in [0.15, 0.2) is 0 Å². The second kappa shape index (κ2) is 5.69. The molecule has 1 aliphatic rings. The first kappa shape index (κ1) is 12.6. The van der Waals surface area contributed by atoms with Crippen LogP contribution in [-0.2, 0) is 4.74 Å². The monoisotopic (exact) mass is 259 g/mol. The summed E-state index contributed by atoms with van der Waals surface area (Å²) in [4.78, 5) is 2.11. The molecule has 2 unspecified atom stereocenters. The Morgan fingerprint density at radius 1 is 1.59 bits per heavy atom.